The highest BCUT2D eigenvalue weighted by Gasteiger charge is 2.06. The largest absolute Gasteiger partial charge is 0.497 e. The zero-order chi connectivity index (χ0) is 15.5. The maximum absolute atomic E-state index is 5.72. The molecule has 6 heteroatoms. The number of methoxy groups -OCH3 is 2. The topological polar surface area (TPSA) is 57.0 Å². The molecule has 118 valence electrons. The van der Waals surface area contributed by atoms with E-state index in [2.05, 4.69) is 4.90 Å². The van der Waals surface area contributed by atoms with E-state index in [0.29, 0.717) is 24.6 Å². The molecule has 0 aliphatic carbocycles. The molecule has 0 heterocycles. The van der Waals surface area contributed by atoms with Crippen LogP contribution in [0.2, 0.25) is 0 Å². The maximum Gasteiger partial charge on any atom is 0.119 e. The molecule has 1 aromatic rings. The molecule has 0 amide bonds. The van der Waals surface area contributed by atoms with Crippen LogP contribution in [0.4, 0.5) is 0 Å². The minimum absolute atomic E-state index is 0.536. The molecule has 0 aliphatic heterocycles. The second kappa shape index (κ2) is 10.4. The van der Waals surface area contributed by atoms with Gasteiger partial charge in [0.1, 0.15) is 18.1 Å². The van der Waals surface area contributed by atoms with Crippen LogP contribution in [0.25, 0.3) is 0 Å². The summed E-state index contributed by atoms with van der Waals surface area (Å²) in [4.78, 5) is 2.76. The third-order valence-corrected chi connectivity index (χ3v) is 3.23. The van der Waals surface area contributed by atoms with Gasteiger partial charge in [-0.05, 0) is 24.3 Å². The highest BCUT2D eigenvalue weighted by atomic mass is 32.1. The molecule has 21 heavy (non-hydrogen) atoms. The van der Waals surface area contributed by atoms with Crippen LogP contribution in [0.1, 0.15) is 6.42 Å². The predicted octanol–water partition coefficient (Wildman–Crippen LogP) is 1.70. The predicted molar refractivity (Wildman–Crippen MR) is 88.2 cm³/mol. The first kappa shape index (κ1) is 17.7. The number of hydrogen-bond donors (Lipinski definition) is 1. The van der Waals surface area contributed by atoms with Crippen molar-refractivity contribution in [2.45, 2.75) is 6.42 Å². The van der Waals surface area contributed by atoms with E-state index >= 15 is 0 Å². The fourth-order valence-electron chi connectivity index (χ4n) is 1.79. The molecule has 0 unspecified atom stereocenters. The molecule has 1 aromatic carbocycles. The molecule has 0 bridgehead atoms. The van der Waals surface area contributed by atoms with Gasteiger partial charge in [0.2, 0.25) is 0 Å². The molecule has 0 radical (unpaired) electrons. The lowest BCUT2D eigenvalue weighted by Gasteiger charge is -2.21. The zero-order valence-corrected chi connectivity index (χ0v) is 13.5. The van der Waals surface area contributed by atoms with Gasteiger partial charge in [-0.3, -0.25) is 4.90 Å². The molecular weight excluding hydrogens is 288 g/mol. The van der Waals surface area contributed by atoms with Gasteiger partial charge in [0.25, 0.3) is 0 Å². The molecule has 0 aromatic heterocycles. The van der Waals surface area contributed by atoms with Gasteiger partial charge in [-0.2, -0.15) is 0 Å². The lowest BCUT2D eigenvalue weighted by atomic mass is 10.3. The Kier molecular flexibility index (Phi) is 8.73. The van der Waals surface area contributed by atoms with Crippen LogP contribution in [0.15, 0.2) is 24.3 Å². The first-order chi connectivity index (χ1) is 10.2. The van der Waals surface area contributed by atoms with Crippen LogP contribution in [0, 0.1) is 0 Å². The highest BCUT2D eigenvalue weighted by Crippen LogP contribution is 2.16. The van der Waals surface area contributed by atoms with E-state index in [1.54, 1.807) is 14.2 Å². The summed E-state index contributed by atoms with van der Waals surface area (Å²) in [5.41, 5.74) is 5.55. The Balaban J connectivity index is 2.34. The molecule has 0 fully saturated rings. The van der Waals surface area contributed by atoms with Crippen molar-refractivity contribution >= 4 is 17.2 Å². The number of nitrogens with zero attached hydrogens (tertiary/aromatic N) is 1. The van der Waals surface area contributed by atoms with Crippen molar-refractivity contribution in [1.29, 1.82) is 0 Å². The molecule has 0 atom stereocenters. The Morgan fingerprint density at radius 2 is 1.67 bits per heavy atom. The van der Waals surface area contributed by atoms with Gasteiger partial charge < -0.3 is 19.9 Å². The molecule has 0 saturated heterocycles. The average molecular weight is 312 g/mol. The monoisotopic (exact) mass is 312 g/mol. The summed E-state index contributed by atoms with van der Waals surface area (Å²) in [6.07, 6.45) is 0.710. The highest BCUT2D eigenvalue weighted by molar-refractivity contribution is 7.80. The number of thiocarbonyl (C=S) groups is 1. The van der Waals surface area contributed by atoms with Crippen LogP contribution < -0.4 is 15.2 Å². The van der Waals surface area contributed by atoms with E-state index in [1.165, 1.54) is 0 Å². The van der Waals surface area contributed by atoms with Gasteiger partial charge in [0.15, 0.2) is 0 Å². The number of nitrogens with two attached hydrogens (primary N) is 1. The summed E-state index contributed by atoms with van der Waals surface area (Å²) in [7, 11) is 3.34. The van der Waals surface area contributed by atoms with Crippen LogP contribution in [0.3, 0.4) is 0 Å². The van der Waals surface area contributed by atoms with E-state index in [-0.39, 0.29) is 0 Å². The Labute approximate surface area is 132 Å². The van der Waals surface area contributed by atoms with Crippen molar-refractivity contribution in [1.82, 2.24) is 4.90 Å². The van der Waals surface area contributed by atoms with Gasteiger partial charge in [0, 0.05) is 33.2 Å². The first-order valence-electron chi connectivity index (χ1n) is 6.92. The third kappa shape index (κ3) is 7.84. The number of ether oxygens (including phenoxy) is 3. The first-order valence-corrected chi connectivity index (χ1v) is 7.33. The zero-order valence-electron chi connectivity index (χ0n) is 12.7. The van der Waals surface area contributed by atoms with E-state index < -0.39 is 0 Å². The van der Waals surface area contributed by atoms with Crippen molar-refractivity contribution in [3.05, 3.63) is 24.3 Å². The normalized spacial score (nSPS) is 10.6. The SMILES string of the molecule is COCCN(CCOc1ccc(OC)cc1)CCC(N)=S. The van der Waals surface area contributed by atoms with Crippen LogP contribution in [-0.2, 0) is 4.74 Å². The van der Waals surface area contributed by atoms with Crippen molar-refractivity contribution in [3.63, 3.8) is 0 Å². The van der Waals surface area contributed by atoms with Crippen molar-refractivity contribution < 1.29 is 14.2 Å². The molecular formula is C15H24N2O3S. The van der Waals surface area contributed by atoms with E-state index in [0.717, 1.165) is 31.1 Å². The Bertz CT molecular complexity index is 412. The summed E-state index contributed by atoms with van der Waals surface area (Å²) in [6.45, 7) is 3.75. The minimum Gasteiger partial charge on any atom is -0.497 e. The molecule has 1 rings (SSSR count). The van der Waals surface area contributed by atoms with E-state index in [1.807, 2.05) is 24.3 Å². The summed E-state index contributed by atoms with van der Waals surface area (Å²) < 4.78 is 15.9. The Morgan fingerprint density at radius 1 is 1.05 bits per heavy atom. The molecule has 2 N–H and O–H groups in total. The quantitative estimate of drug-likeness (QED) is 0.628. The van der Waals surface area contributed by atoms with E-state index in [9.17, 15) is 0 Å². The van der Waals surface area contributed by atoms with Gasteiger partial charge in [-0.1, -0.05) is 12.2 Å². The van der Waals surface area contributed by atoms with Crippen molar-refractivity contribution in [2.75, 3.05) is 47.1 Å². The number of benzene rings is 1. The fraction of sp³-hybridized carbons (Fsp3) is 0.533. The third-order valence-electron chi connectivity index (χ3n) is 3.02. The van der Waals surface area contributed by atoms with Gasteiger partial charge in [-0.25, -0.2) is 0 Å². The van der Waals surface area contributed by atoms with Crippen molar-refractivity contribution in [2.24, 2.45) is 5.73 Å². The smallest absolute Gasteiger partial charge is 0.119 e. The van der Waals surface area contributed by atoms with Crippen LogP contribution >= 0.6 is 12.2 Å². The fourth-order valence-corrected chi connectivity index (χ4v) is 1.88. The minimum atomic E-state index is 0.536. The number of rotatable bonds is 11. The molecule has 0 spiro atoms. The summed E-state index contributed by atoms with van der Waals surface area (Å²) >= 11 is 4.92. The van der Waals surface area contributed by atoms with E-state index in [4.69, 9.17) is 32.2 Å². The molecule has 0 aliphatic rings. The summed E-state index contributed by atoms with van der Waals surface area (Å²) in [5.74, 6) is 1.65. The Hall–Kier alpha value is -1.37. The second-order valence-corrected chi connectivity index (χ2v) is 5.10. The lowest BCUT2D eigenvalue weighted by molar-refractivity contribution is 0.136. The summed E-state index contributed by atoms with van der Waals surface area (Å²) in [5, 5.41) is 0. The molecule has 5 nitrogen and oxygen atoms in total. The standard InChI is InChI=1S/C15H24N2O3S/c1-18-11-9-17(8-7-15(16)21)10-12-20-14-5-3-13(19-2)4-6-14/h3-6H,7-12H2,1-2H3,(H2,16,21). The van der Waals surface area contributed by atoms with Crippen molar-refractivity contribution in [3.8, 4) is 11.5 Å². The van der Waals surface area contributed by atoms with Crippen LogP contribution in [0.5, 0.6) is 11.5 Å². The van der Waals surface area contributed by atoms with Crippen LogP contribution in [-0.4, -0.2) is 57.0 Å². The average Bonchev–Trinajstić information content (AvgIpc) is 2.50. The Morgan fingerprint density at radius 3 is 2.24 bits per heavy atom. The molecule has 0 saturated carbocycles. The van der Waals surface area contributed by atoms with Gasteiger partial charge >= 0.3 is 0 Å². The van der Waals surface area contributed by atoms with Gasteiger partial charge in [-0.15, -0.1) is 0 Å². The summed E-state index contributed by atoms with van der Waals surface area (Å²) in [6, 6.07) is 7.55. The second-order valence-electron chi connectivity index (χ2n) is 4.57. The maximum atomic E-state index is 5.72. The lowest BCUT2D eigenvalue weighted by Crippen LogP contribution is -2.34. The number of hydrogen-bond acceptors (Lipinski definition) is 5. The van der Waals surface area contributed by atoms with Gasteiger partial charge in [0.05, 0.1) is 18.7 Å².